The molecule has 2 aromatic carbocycles. The second kappa shape index (κ2) is 10.6. The van der Waals surface area contributed by atoms with Gasteiger partial charge in [-0.15, -0.1) is 11.3 Å². The topological polar surface area (TPSA) is 98.1 Å². The van der Waals surface area contributed by atoms with Crippen LogP contribution in [0.4, 0.5) is 0 Å². The minimum Gasteiger partial charge on any atom is -0.463 e. The number of hydrogen-bond acceptors (Lipinski definition) is 6. The van der Waals surface area contributed by atoms with Gasteiger partial charge in [0.1, 0.15) is 10.5 Å². The molecule has 3 aromatic rings. The Morgan fingerprint density at radius 2 is 1.65 bits per heavy atom. The molecule has 0 bridgehead atoms. The van der Waals surface area contributed by atoms with Gasteiger partial charge in [-0.2, -0.15) is 5.26 Å². The van der Waals surface area contributed by atoms with Crippen molar-refractivity contribution in [3.05, 3.63) is 95.9 Å². The van der Waals surface area contributed by atoms with Crippen LogP contribution >= 0.6 is 11.3 Å². The van der Waals surface area contributed by atoms with Crippen molar-refractivity contribution in [2.75, 3.05) is 6.61 Å². The molecule has 1 atom stereocenters. The average molecular weight is 514 g/mol. The fourth-order valence-electron chi connectivity index (χ4n) is 4.50. The molecule has 190 valence electrons. The second-order valence-electron chi connectivity index (χ2n) is 9.68. The number of benzene rings is 2. The van der Waals surface area contributed by atoms with Crippen LogP contribution in [0.3, 0.4) is 0 Å². The quantitative estimate of drug-likeness (QED) is 0.500. The maximum atomic E-state index is 13.5. The smallest absolute Gasteiger partial charge is 0.338 e. The third-order valence-electron chi connectivity index (χ3n) is 6.60. The maximum absolute atomic E-state index is 13.5. The normalized spacial score (nSPS) is 15.8. The van der Waals surface area contributed by atoms with Crippen LogP contribution < -0.4 is 20.5 Å². The molecule has 0 amide bonds. The lowest BCUT2D eigenvalue weighted by Crippen LogP contribution is -2.40. The van der Waals surface area contributed by atoms with E-state index in [9.17, 15) is 14.9 Å². The Bertz CT molecular complexity index is 1580. The fourth-order valence-corrected chi connectivity index (χ4v) is 5.62. The van der Waals surface area contributed by atoms with Crippen LogP contribution in [0.25, 0.3) is 17.5 Å². The van der Waals surface area contributed by atoms with E-state index in [1.165, 1.54) is 21.5 Å². The number of ether oxygens (including phenoxy) is 1. The van der Waals surface area contributed by atoms with Crippen LogP contribution in [-0.2, 0) is 9.53 Å². The number of hydrogen-bond donors (Lipinski definition) is 1. The first-order chi connectivity index (χ1) is 17.7. The van der Waals surface area contributed by atoms with Crippen LogP contribution in [0.2, 0.25) is 0 Å². The Labute approximate surface area is 220 Å². The zero-order valence-electron chi connectivity index (χ0n) is 21.7. The summed E-state index contributed by atoms with van der Waals surface area (Å²) in [5.74, 6) is -0.633. The zero-order valence-corrected chi connectivity index (χ0v) is 22.6. The van der Waals surface area contributed by atoms with Crippen molar-refractivity contribution in [1.82, 2.24) is 4.57 Å². The Kier molecular flexibility index (Phi) is 7.51. The molecule has 0 saturated heterocycles. The molecule has 1 aliphatic heterocycles. The lowest BCUT2D eigenvalue weighted by atomic mass is 9.83. The number of nitrogens with zero attached hydrogens (tertiary/aromatic N) is 2. The summed E-state index contributed by atoms with van der Waals surface area (Å²) in [7, 11) is 0. The maximum Gasteiger partial charge on any atom is 0.338 e. The van der Waals surface area contributed by atoms with E-state index in [0.29, 0.717) is 26.6 Å². The molecule has 0 radical (unpaired) electrons. The third kappa shape index (κ3) is 4.90. The summed E-state index contributed by atoms with van der Waals surface area (Å²) in [6.07, 6.45) is 1.79. The molecular weight excluding hydrogens is 482 g/mol. The lowest BCUT2D eigenvalue weighted by molar-refractivity contribution is -0.138. The Morgan fingerprint density at radius 3 is 2.16 bits per heavy atom. The number of carbonyl (C=O) groups excluding carboxylic acids is 1. The van der Waals surface area contributed by atoms with Crippen LogP contribution in [-0.4, -0.2) is 17.1 Å². The summed E-state index contributed by atoms with van der Waals surface area (Å²) in [4.78, 5) is 26.6. The molecule has 1 aromatic heterocycles. The van der Waals surface area contributed by atoms with Gasteiger partial charge in [0.25, 0.3) is 5.56 Å². The number of nitrogens with two attached hydrogens (primary N) is 1. The number of carbonyl (C=O) groups is 1. The standard InChI is InChI=1S/C30H31N3O3S/c1-6-36-30(35)26-25(22-13-11-21(12-14-22)18(4)5)23(16-31)29-33(27(26)32)28(34)24(37-29)15-19-7-9-20(10-8-19)17(2)3/h7-15,17-18,25H,6,32H2,1-5H3/b24-15-. The fraction of sp³-hybridized carbons (Fsp3) is 0.300. The van der Waals surface area contributed by atoms with Crippen LogP contribution in [0.5, 0.6) is 0 Å². The van der Waals surface area contributed by atoms with E-state index in [2.05, 4.69) is 33.8 Å². The first-order valence-electron chi connectivity index (χ1n) is 12.4. The van der Waals surface area contributed by atoms with Crippen molar-refractivity contribution in [2.24, 2.45) is 5.73 Å². The summed E-state index contributed by atoms with van der Waals surface area (Å²) in [6, 6.07) is 18.1. The predicted octanol–water partition coefficient (Wildman–Crippen LogP) is 4.15. The van der Waals surface area contributed by atoms with Crippen molar-refractivity contribution >= 4 is 34.8 Å². The van der Waals surface area contributed by atoms with Crippen molar-refractivity contribution < 1.29 is 9.53 Å². The van der Waals surface area contributed by atoms with Gasteiger partial charge in [-0.3, -0.25) is 9.36 Å². The highest BCUT2D eigenvalue weighted by Crippen LogP contribution is 2.37. The van der Waals surface area contributed by atoms with Gasteiger partial charge in [-0.25, -0.2) is 4.79 Å². The van der Waals surface area contributed by atoms with Crippen molar-refractivity contribution in [3.8, 4) is 6.07 Å². The molecule has 1 aliphatic rings. The van der Waals surface area contributed by atoms with E-state index in [1.54, 1.807) is 13.0 Å². The molecule has 7 heteroatoms. The van der Waals surface area contributed by atoms with E-state index in [4.69, 9.17) is 10.5 Å². The molecule has 6 nitrogen and oxygen atoms in total. The molecule has 2 N–H and O–H groups in total. The molecule has 2 heterocycles. The summed E-state index contributed by atoms with van der Waals surface area (Å²) in [5, 5.41) is 10.3. The number of rotatable bonds is 6. The summed E-state index contributed by atoms with van der Waals surface area (Å²) >= 11 is 1.21. The zero-order chi connectivity index (χ0) is 26.9. The number of esters is 1. The highest BCUT2D eigenvalue weighted by molar-refractivity contribution is 7.07. The van der Waals surface area contributed by atoms with Crippen LogP contribution in [0.15, 0.2) is 58.9 Å². The first kappa shape index (κ1) is 26.2. The molecule has 37 heavy (non-hydrogen) atoms. The third-order valence-corrected chi connectivity index (χ3v) is 7.71. The van der Waals surface area contributed by atoms with Gasteiger partial charge >= 0.3 is 5.97 Å². The van der Waals surface area contributed by atoms with E-state index in [1.807, 2.05) is 48.5 Å². The number of thiazole rings is 1. The van der Waals surface area contributed by atoms with Crippen LogP contribution in [0.1, 0.15) is 74.6 Å². The number of aromatic nitrogens is 1. The molecular formula is C30H31N3O3S. The SMILES string of the molecule is CCOC(=O)C1=C(N)n2c(s/c(=C\c3ccc(C(C)C)cc3)c2=O)=C(C#N)C1c1ccc(C(C)C)cc1. The molecule has 0 spiro atoms. The highest BCUT2D eigenvalue weighted by atomic mass is 32.1. The van der Waals surface area contributed by atoms with Gasteiger partial charge < -0.3 is 10.5 Å². The molecule has 0 aliphatic carbocycles. The molecule has 0 saturated carbocycles. The minimum atomic E-state index is -0.735. The Hall–Kier alpha value is -3.89. The van der Waals surface area contributed by atoms with Crippen LogP contribution in [0, 0.1) is 11.3 Å². The Balaban J connectivity index is 1.98. The number of nitriles is 1. The Morgan fingerprint density at radius 1 is 1.08 bits per heavy atom. The van der Waals surface area contributed by atoms with E-state index >= 15 is 0 Å². The number of fused-ring (bicyclic) bond motifs is 1. The van der Waals surface area contributed by atoms with Crippen molar-refractivity contribution in [3.63, 3.8) is 0 Å². The van der Waals surface area contributed by atoms with Crippen molar-refractivity contribution in [1.29, 1.82) is 5.26 Å². The first-order valence-corrected chi connectivity index (χ1v) is 13.2. The van der Waals surface area contributed by atoms with Gasteiger partial charge in [0, 0.05) is 0 Å². The molecule has 1 unspecified atom stereocenters. The average Bonchev–Trinajstić information content (AvgIpc) is 3.20. The monoisotopic (exact) mass is 513 g/mol. The summed E-state index contributed by atoms with van der Waals surface area (Å²) in [5.41, 5.74) is 10.5. The van der Waals surface area contributed by atoms with E-state index in [0.717, 1.165) is 16.7 Å². The summed E-state index contributed by atoms with van der Waals surface area (Å²) in [6.45, 7) is 10.3. The van der Waals surface area contributed by atoms with Gasteiger partial charge in [-0.1, -0.05) is 76.2 Å². The van der Waals surface area contributed by atoms with E-state index in [-0.39, 0.29) is 23.6 Å². The van der Waals surface area contributed by atoms with Gasteiger partial charge in [0.15, 0.2) is 0 Å². The largest absolute Gasteiger partial charge is 0.463 e. The predicted molar refractivity (Wildman–Crippen MR) is 148 cm³/mol. The van der Waals surface area contributed by atoms with Gasteiger partial charge in [-0.05, 0) is 47.1 Å². The molecule has 4 rings (SSSR count). The van der Waals surface area contributed by atoms with E-state index < -0.39 is 11.9 Å². The molecule has 0 fully saturated rings. The highest BCUT2D eigenvalue weighted by Gasteiger charge is 2.36. The van der Waals surface area contributed by atoms with Crippen molar-refractivity contribution in [2.45, 2.75) is 52.4 Å². The second-order valence-corrected chi connectivity index (χ2v) is 10.7. The lowest BCUT2D eigenvalue weighted by Gasteiger charge is -2.25. The summed E-state index contributed by atoms with van der Waals surface area (Å²) < 4.78 is 7.47. The van der Waals surface area contributed by atoms with Gasteiger partial charge in [0.05, 0.1) is 34.3 Å². The minimum absolute atomic E-state index is 0.00134. The van der Waals surface area contributed by atoms with Gasteiger partial charge in [0.2, 0.25) is 0 Å².